The summed E-state index contributed by atoms with van der Waals surface area (Å²) in [7, 11) is -1.76. The predicted molar refractivity (Wildman–Crippen MR) is 101 cm³/mol. The third kappa shape index (κ3) is 6.67. The molecule has 0 radical (unpaired) electrons. The van der Waals surface area contributed by atoms with Gasteiger partial charge in [0.15, 0.2) is 0 Å². The van der Waals surface area contributed by atoms with E-state index in [2.05, 4.69) is 4.72 Å². The third-order valence-electron chi connectivity index (χ3n) is 3.46. The fraction of sp³-hybridized carbons (Fsp3) is 0.562. The van der Waals surface area contributed by atoms with Crippen molar-refractivity contribution < 1.29 is 13.2 Å². The summed E-state index contributed by atoms with van der Waals surface area (Å²) in [5.41, 5.74) is 6.15. The van der Waals surface area contributed by atoms with E-state index in [1.54, 1.807) is 43.1 Å². The van der Waals surface area contributed by atoms with Crippen LogP contribution in [0.15, 0.2) is 24.3 Å². The number of carbonyl (C=O) groups is 1. The lowest BCUT2D eigenvalue weighted by Crippen LogP contribution is -2.40. The van der Waals surface area contributed by atoms with Crippen LogP contribution in [-0.4, -0.2) is 45.1 Å². The molecule has 1 aromatic carbocycles. The monoisotopic (exact) mass is 377 g/mol. The number of nitrogens with zero attached hydrogens (tertiary/aromatic N) is 1. The topological polar surface area (TPSA) is 92.5 Å². The summed E-state index contributed by atoms with van der Waals surface area (Å²) in [4.78, 5) is 14.2. The highest BCUT2D eigenvalue weighted by atomic mass is 35.5. The van der Waals surface area contributed by atoms with Crippen LogP contribution in [0.25, 0.3) is 0 Å². The van der Waals surface area contributed by atoms with Crippen molar-refractivity contribution in [2.24, 2.45) is 11.1 Å². The molecule has 0 aliphatic rings. The fourth-order valence-electron chi connectivity index (χ4n) is 2.23. The summed E-state index contributed by atoms with van der Waals surface area (Å²) in [6, 6.07) is 6.64. The van der Waals surface area contributed by atoms with Crippen LogP contribution in [0.4, 0.5) is 5.69 Å². The lowest BCUT2D eigenvalue weighted by atomic mass is 9.93. The molecule has 24 heavy (non-hydrogen) atoms. The van der Waals surface area contributed by atoms with E-state index >= 15 is 0 Å². The fourth-order valence-corrected chi connectivity index (χ4v) is 3.38. The summed E-state index contributed by atoms with van der Waals surface area (Å²) >= 11 is 0. The van der Waals surface area contributed by atoms with Gasteiger partial charge in [-0.05, 0) is 30.5 Å². The van der Waals surface area contributed by atoms with Crippen LogP contribution in [0, 0.1) is 5.41 Å². The van der Waals surface area contributed by atoms with Crippen LogP contribution in [0.2, 0.25) is 0 Å². The average molecular weight is 378 g/mol. The second kappa shape index (κ2) is 9.25. The molecular weight excluding hydrogens is 350 g/mol. The van der Waals surface area contributed by atoms with Gasteiger partial charge in [0.2, 0.25) is 10.0 Å². The molecule has 0 unspecified atom stereocenters. The van der Waals surface area contributed by atoms with Gasteiger partial charge in [0.25, 0.3) is 5.91 Å². The average Bonchev–Trinajstić information content (AvgIpc) is 2.46. The quantitative estimate of drug-likeness (QED) is 0.727. The molecule has 1 rings (SSSR count). The third-order valence-corrected chi connectivity index (χ3v) is 4.94. The minimum Gasteiger partial charge on any atom is -0.341 e. The number of para-hydroxylation sites is 1. The van der Waals surface area contributed by atoms with Gasteiger partial charge in [-0.25, -0.2) is 8.42 Å². The molecule has 138 valence electrons. The predicted octanol–water partition coefficient (Wildman–Crippen LogP) is 2.32. The zero-order valence-electron chi connectivity index (χ0n) is 14.7. The summed E-state index contributed by atoms with van der Waals surface area (Å²) in [5, 5.41) is 0. The minimum absolute atomic E-state index is 0. The number of anilines is 1. The smallest absolute Gasteiger partial charge is 0.255 e. The molecule has 3 N–H and O–H groups in total. The minimum atomic E-state index is -3.45. The molecule has 0 saturated carbocycles. The van der Waals surface area contributed by atoms with Crippen molar-refractivity contribution in [2.75, 3.05) is 30.6 Å². The van der Waals surface area contributed by atoms with Crippen molar-refractivity contribution in [3.05, 3.63) is 29.8 Å². The Morgan fingerprint density at radius 2 is 1.88 bits per heavy atom. The van der Waals surface area contributed by atoms with Gasteiger partial charge >= 0.3 is 0 Å². The van der Waals surface area contributed by atoms with Crippen molar-refractivity contribution in [1.29, 1.82) is 0 Å². The summed E-state index contributed by atoms with van der Waals surface area (Å²) in [6.45, 7) is 6.69. The van der Waals surface area contributed by atoms with E-state index in [0.717, 1.165) is 0 Å². The molecule has 0 saturated heterocycles. The highest BCUT2D eigenvalue weighted by molar-refractivity contribution is 7.92. The summed E-state index contributed by atoms with van der Waals surface area (Å²) in [6.07, 6.45) is 0.510. The maximum Gasteiger partial charge on any atom is 0.255 e. The van der Waals surface area contributed by atoms with Crippen LogP contribution < -0.4 is 10.5 Å². The van der Waals surface area contributed by atoms with Crippen LogP contribution >= 0.6 is 12.4 Å². The Morgan fingerprint density at radius 1 is 1.29 bits per heavy atom. The summed E-state index contributed by atoms with van der Waals surface area (Å²) in [5.74, 6) is -0.215. The highest BCUT2D eigenvalue weighted by Gasteiger charge is 2.24. The Balaban J connectivity index is 0.00000529. The molecule has 1 amide bonds. The standard InChI is InChI=1S/C16H27N3O3S.ClH/c1-5-10-23(21,22)18-14-9-7-6-8-13(14)15(20)19(4)12-16(2,3)11-17;/h6-9,18H,5,10-12,17H2,1-4H3;1H. The molecule has 0 heterocycles. The molecule has 0 aliphatic carbocycles. The maximum absolute atomic E-state index is 12.7. The molecule has 0 bridgehead atoms. The number of nitrogens with one attached hydrogen (secondary N) is 1. The Kier molecular flexibility index (Phi) is 8.74. The van der Waals surface area contributed by atoms with E-state index < -0.39 is 10.0 Å². The molecule has 1 aromatic rings. The van der Waals surface area contributed by atoms with Gasteiger partial charge in [-0.3, -0.25) is 9.52 Å². The second-order valence-electron chi connectivity index (χ2n) is 6.50. The van der Waals surface area contributed by atoms with E-state index in [0.29, 0.717) is 30.8 Å². The molecule has 6 nitrogen and oxygen atoms in total. The number of halogens is 1. The number of amides is 1. The van der Waals surface area contributed by atoms with Gasteiger partial charge in [0.05, 0.1) is 17.0 Å². The van der Waals surface area contributed by atoms with Crippen LogP contribution in [-0.2, 0) is 10.0 Å². The van der Waals surface area contributed by atoms with Crippen molar-refractivity contribution in [2.45, 2.75) is 27.2 Å². The second-order valence-corrected chi connectivity index (χ2v) is 8.34. The summed E-state index contributed by atoms with van der Waals surface area (Å²) < 4.78 is 26.4. The van der Waals surface area contributed by atoms with E-state index in [9.17, 15) is 13.2 Å². The van der Waals surface area contributed by atoms with Gasteiger partial charge in [-0.1, -0.05) is 32.9 Å². The Bertz CT molecular complexity index is 648. The van der Waals surface area contributed by atoms with Crippen LogP contribution in [0.5, 0.6) is 0 Å². The van der Waals surface area contributed by atoms with E-state index in [-0.39, 0.29) is 29.5 Å². The number of nitrogens with two attached hydrogens (primary N) is 1. The van der Waals surface area contributed by atoms with Crippen molar-refractivity contribution in [3.63, 3.8) is 0 Å². The lowest BCUT2D eigenvalue weighted by Gasteiger charge is -2.29. The number of carbonyl (C=O) groups excluding carboxylic acids is 1. The van der Waals surface area contributed by atoms with Crippen molar-refractivity contribution >= 4 is 34.0 Å². The molecule has 0 fully saturated rings. The van der Waals surface area contributed by atoms with E-state index in [1.165, 1.54) is 0 Å². The maximum atomic E-state index is 12.7. The number of hydrogen-bond donors (Lipinski definition) is 2. The first-order valence-electron chi connectivity index (χ1n) is 7.67. The van der Waals surface area contributed by atoms with Crippen molar-refractivity contribution in [3.8, 4) is 0 Å². The van der Waals surface area contributed by atoms with E-state index in [1.807, 2.05) is 13.8 Å². The number of rotatable bonds is 8. The van der Waals surface area contributed by atoms with Gasteiger partial charge in [-0.2, -0.15) is 0 Å². The molecule has 0 spiro atoms. The zero-order valence-corrected chi connectivity index (χ0v) is 16.3. The normalized spacial score (nSPS) is 11.5. The zero-order chi connectivity index (χ0) is 17.7. The van der Waals surface area contributed by atoms with Crippen molar-refractivity contribution in [1.82, 2.24) is 4.90 Å². The first kappa shape index (κ1) is 22.7. The van der Waals surface area contributed by atoms with Crippen LogP contribution in [0.1, 0.15) is 37.6 Å². The number of sulfonamides is 1. The molecular formula is C16H28ClN3O3S. The molecule has 8 heteroatoms. The SMILES string of the molecule is CCCS(=O)(=O)Nc1ccccc1C(=O)N(C)CC(C)(C)CN.Cl. The lowest BCUT2D eigenvalue weighted by molar-refractivity contribution is 0.0741. The number of benzene rings is 1. The molecule has 0 atom stereocenters. The first-order valence-corrected chi connectivity index (χ1v) is 9.32. The van der Waals surface area contributed by atoms with Crippen LogP contribution in [0.3, 0.4) is 0 Å². The van der Waals surface area contributed by atoms with Gasteiger partial charge in [0.1, 0.15) is 0 Å². The Morgan fingerprint density at radius 3 is 2.42 bits per heavy atom. The van der Waals surface area contributed by atoms with Gasteiger partial charge in [0, 0.05) is 13.6 Å². The Hall–Kier alpha value is -1.31. The van der Waals surface area contributed by atoms with Gasteiger partial charge in [-0.15, -0.1) is 12.4 Å². The highest BCUT2D eigenvalue weighted by Crippen LogP contribution is 2.21. The first-order chi connectivity index (χ1) is 10.6. The molecule has 0 aliphatic heterocycles. The largest absolute Gasteiger partial charge is 0.341 e. The van der Waals surface area contributed by atoms with Gasteiger partial charge < -0.3 is 10.6 Å². The Labute approximate surface area is 151 Å². The molecule has 0 aromatic heterocycles. The van der Waals surface area contributed by atoms with E-state index in [4.69, 9.17) is 5.73 Å². The number of hydrogen-bond acceptors (Lipinski definition) is 4.